The highest BCUT2D eigenvalue weighted by molar-refractivity contribution is 5.80. The Kier molecular flexibility index (Phi) is 2.59. The minimum absolute atomic E-state index is 0.984. The molecule has 0 bridgehead atoms. The van der Waals surface area contributed by atoms with E-state index in [0.717, 1.165) is 24.3 Å². The van der Waals surface area contributed by atoms with Crippen LogP contribution in [0.5, 0.6) is 0 Å². The largest absolute Gasteiger partial charge is 0.319 e. The monoisotopic (exact) mass is 242 g/mol. The summed E-state index contributed by atoms with van der Waals surface area (Å²) in [4.78, 5) is 4.71. The highest BCUT2D eigenvalue weighted by atomic mass is 15.2. The zero-order valence-corrected chi connectivity index (χ0v) is 11.1. The summed E-state index contributed by atoms with van der Waals surface area (Å²) in [5.41, 5.74) is 4.80. The van der Waals surface area contributed by atoms with Gasteiger partial charge in [0.25, 0.3) is 0 Å². The van der Waals surface area contributed by atoms with Crippen molar-refractivity contribution < 1.29 is 0 Å². The smallest absolute Gasteiger partial charge is 0.214 e. The third-order valence-electron chi connectivity index (χ3n) is 3.47. The molecule has 0 saturated heterocycles. The van der Waals surface area contributed by atoms with Gasteiger partial charge in [0.1, 0.15) is 0 Å². The second-order valence-corrected chi connectivity index (χ2v) is 4.81. The van der Waals surface area contributed by atoms with Crippen molar-refractivity contribution >= 4 is 16.8 Å². The minimum atomic E-state index is 0.984. The molecule has 0 spiro atoms. The number of fused-ring (bicyclic) bond motifs is 3. The molecule has 1 N–H and O–H groups in total. The van der Waals surface area contributed by atoms with Crippen LogP contribution in [0.3, 0.4) is 0 Å². The van der Waals surface area contributed by atoms with Gasteiger partial charge < -0.3 is 9.88 Å². The van der Waals surface area contributed by atoms with E-state index in [-0.39, 0.29) is 0 Å². The molecule has 4 nitrogen and oxygen atoms in total. The molecule has 18 heavy (non-hydrogen) atoms. The van der Waals surface area contributed by atoms with Gasteiger partial charge in [-0.25, -0.2) is 4.98 Å². The van der Waals surface area contributed by atoms with Crippen LogP contribution in [0.1, 0.15) is 11.3 Å². The van der Waals surface area contributed by atoms with E-state index in [2.05, 4.69) is 52.7 Å². The third kappa shape index (κ3) is 1.61. The normalized spacial score (nSPS) is 11.7. The molecule has 0 unspecified atom stereocenters. The molecule has 2 aromatic heterocycles. The first-order valence-electron chi connectivity index (χ1n) is 6.28. The predicted molar refractivity (Wildman–Crippen MR) is 74.0 cm³/mol. The fourth-order valence-corrected chi connectivity index (χ4v) is 2.41. The maximum Gasteiger partial charge on any atom is 0.214 e. The van der Waals surface area contributed by atoms with Crippen molar-refractivity contribution in [2.24, 2.45) is 7.05 Å². The Hall–Kier alpha value is -1.81. The highest BCUT2D eigenvalue weighted by Gasteiger charge is 2.11. The highest BCUT2D eigenvalue weighted by Crippen LogP contribution is 2.20. The van der Waals surface area contributed by atoms with E-state index >= 15 is 0 Å². The molecular weight excluding hydrogens is 224 g/mol. The van der Waals surface area contributed by atoms with E-state index in [4.69, 9.17) is 4.98 Å². The van der Waals surface area contributed by atoms with Crippen molar-refractivity contribution in [3.05, 3.63) is 35.7 Å². The number of hydrogen-bond acceptors (Lipinski definition) is 2. The van der Waals surface area contributed by atoms with Gasteiger partial charge in [0.2, 0.25) is 5.78 Å². The number of benzene rings is 1. The van der Waals surface area contributed by atoms with Gasteiger partial charge >= 0.3 is 0 Å². The van der Waals surface area contributed by atoms with E-state index in [0.29, 0.717) is 0 Å². The van der Waals surface area contributed by atoms with E-state index in [1.54, 1.807) is 0 Å². The second-order valence-electron chi connectivity index (χ2n) is 4.81. The molecule has 0 saturated carbocycles. The molecule has 3 aromatic rings. The zero-order valence-electron chi connectivity index (χ0n) is 11.1. The van der Waals surface area contributed by atoms with Gasteiger partial charge in [-0.2, -0.15) is 0 Å². The molecule has 0 amide bonds. The van der Waals surface area contributed by atoms with Crippen LogP contribution < -0.4 is 5.32 Å². The molecule has 0 aliphatic rings. The van der Waals surface area contributed by atoms with Crippen molar-refractivity contribution in [2.45, 2.75) is 13.3 Å². The van der Waals surface area contributed by atoms with Gasteiger partial charge in [-0.1, -0.05) is 6.07 Å². The summed E-state index contributed by atoms with van der Waals surface area (Å²) in [6.07, 6.45) is 3.21. The minimum Gasteiger partial charge on any atom is -0.319 e. The summed E-state index contributed by atoms with van der Waals surface area (Å²) < 4.78 is 4.35. The summed E-state index contributed by atoms with van der Waals surface area (Å²) in [7, 11) is 4.06. The van der Waals surface area contributed by atoms with Gasteiger partial charge in [0, 0.05) is 31.9 Å². The molecule has 0 radical (unpaired) electrons. The van der Waals surface area contributed by atoms with Crippen LogP contribution in [0.4, 0.5) is 0 Å². The Balaban J connectivity index is 2.19. The molecular formula is C14H18N4. The van der Waals surface area contributed by atoms with Crippen molar-refractivity contribution in [2.75, 3.05) is 13.6 Å². The summed E-state index contributed by atoms with van der Waals surface area (Å²) in [5.74, 6) is 1.02. The van der Waals surface area contributed by atoms with E-state index in [1.165, 1.54) is 16.8 Å². The first kappa shape index (κ1) is 11.3. The van der Waals surface area contributed by atoms with Crippen LogP contribution >= 0.6 is 0 Å². The van der Waals surface area contributed by atoms with Crippen molar-refractivity contribution in [3.8, 4) is 0 Å². The number of rotatable bonds is 3. The van der Waals surface area contributed by atoms with Crippen LogP contribution in [-0.4, -0.2) is 27.5 Å². The number of hydrogen-bond donors (Lipinski definition) is 1. The van der Waals surface area contributed by atoms with E-state index < -0.39 is 0 Å². The van der Waals surface area contributed by atoms with Gasteiger partial charge in [-0.05, 0) is 31.7 Å². The van der Waals surface area contributed by atoms with Crippen LogP contribution in [0, 0.1) is 6.92 Å². The molecule has 4 heteroatoms. The van der Waals surface area contributed by atoms with Crippen LogP contribution in [0.25, 0.3) is 16.8 Å². The average molecular weight is 242 g/mol. The maximum absolute atomic E-state index is 4.71. The second kappa shape index (κ2) is 4.14. The first-order chi connectivity index (χ1) is 8.70. The first-order valence-corrected chi connectivity index (χ1v) is 6.28. The number of imidazole rings is 2. The topological polar surface area (TPSA) is 34.3 Å². The SMILES string of the molecule is CNCCc1cn2c3ccc(C)cc3nc2n1C. The average Bonchev–Trinajstić information content (AvgIpc) is 2.84. The summed E-state index contributed by atoms with van der Waals surface area (Å²) >= 11 is 0. The van der Waals surface area contributed by atoms with Gasteiger partial charge in [-0.3, -0.25) is 4.40 Å². The number of likely N-dealkylation sites (N-methyl/N-ethyl adjacent to an activating group) is 1. The Morgan fingerprint density at radius 1 is 1.33 bits per heavy atom. The third-order valence-corrected chi connectivity index (χ3v) is 3.47. The van der Waals surface area contributed by atoms with Crippen molar-refractivity contribution in [3.63, 3.8) is 0 Å². The van der Waals surface area contributed by atoms with Crippen molar-refractivity contribution in [1.82, 2.24) is 19.3 Å². The fraction of sp³-hybridized carbons (Fsp3) is 0.357. The number of aromatic nitrogens is 3. The lowest BCUT2D eigenvalue weighted by molar-refractivity contribution is 0.744. The van der Waals surface area contributed by atoms with Crippen LogP contribution in [0.15, 0.2) is 24.4 Å². The summed E-state index contributed by atoms with van der Waals surface area (Å²) in [5, 5.41) is 3.18. The van der Waals surface area contributed by atoms with E-state index in [9.17, 15) is 0 Å². The summed E-state index contributed by atoms with van der Waals surface area (Å²) in [6.45, 7) is 3.08. The lowest BCUT2D eigenvalue weighted by Crippen LogP contribution is -2.12. The number of aryl methyl sites for hydroxylation is 2. The lowest BCUT2D eigenvalue weighted by Gasteiger charge is -2.00. The fourth-order valence-electron chi connectivity index (χ4n) is 2.41. The Bertz CT molecular complexity index is 705. The maximum atomic E-state index is 4.71. The zero-order chi connectivity index (χ0) is 12.7. The molecule has 0 aliphatic heterocycles. The summed E-state index contributed by atoms with van der Waals surface area (Å²) in [6, 6.07) is 6.42. The molecule has 0 fully saturated rings. The van der Waals surface area contributed by atoms with Crippen molar-refractivity contribution in [1.29, 1.82) is 0 Å². The molecule has 2 heterocycles. The Labute approximate surface area is 106 Å². The number of nitrogens with zero attached hydrogens (tertiary/aromatic N) is 3. The molecule has 0 atom stereocenters. The van der Waals surface area contributed by atoms with E-state index in [1.807, 2.05) is 7.05 Å². The van der Waals surface area contributed by atoms with Gasteiger partial charge in [0.05, 0.1) is 11.0 Å². The molecule has 3 rings (SSSR count). The molecule has 94 valence electrons. The Morgan fingerprint density at radius 2 is 2.17 bits per heavy atom. The number of nitrogens with one attached hydrogen (secondary N) is 1. The predicted octanol–water partition coefficient (Wildman–Crippen LogP) is 1.90. The molecule has 1 aromatic carbocycles. The standard InChI is InChI=1S/C14H18N4/c1-10-4-5-13-12(8-10)16-14-17(3)11(6-7-15-2)9-18(13)14/h4-5,8-9,15H,6-7H2,1-3H3. The lowest BCUT2D eigenvalue weighted by atomic mass is 10.2. The van der Waals surface area contributed by atoms with Gasteiger partial charge in [-0.15, -0.1) is 0 Å². The Morgan fingerprint density at radius 3 is 2.94 bits per heavy atom. The molecule has 0 aliphatic carbocycles. The van der Waals surface area contributed by atoms with Gasteiger partial charge in [0.15, 0.2) is 0 Å². The van der Waals surface area contributed by atoms with Crippen LogP contribution in [-0.2, 0) is 13.5 Å². The quantitative estimate of drug-likeness (QED) is 0.761. The van der Waals surface area contributed by atoms with Crippen LogP contribution in [0.2, 0.25) is 0 Å².